The molecule has 0 spiro atoms. The van der Waals surface area contributed by atoms with Crippen molar-refractivity contribution in [1.82, 2.24) is 0 Å². The second kappa shape index (κ2) is 7.96. The van der Waals surface area contributed by atoms with E-state index in [0.29, 0.717) is 12.5 Å². The Hall–Kier alpha value is 0.0569. The van der Waals surface area contributed by atoms with Crippen LogP contribution in [0.15, 0.2) is 0 Å². The molecule has 23 heavy (non-hydrogen) atoms. The molecule has 1 aliphatic heterocycles. The van der Waals surface area contributed by atoms with Crippen LogP contribution >= 0.6 is 0 Å². The van der Waals surface area contributed by atoms with Crippen LogP contribution in [-0.2, 0) is 13.9 Å². The summed E-state index contributed by atoms with van der Waals surface area (Å²) < 4.78 is 18.8. The van der Waals surface area contributed by atoms with Crippen LogP contribution in [-0.4, -0.2) is 43.6 Å². The van der Waals surface area contributed by atoms with E-state index in [1.54, 1.807) is 0 Å². The molecule has 4 nitrogen and oxygen atoms in total. The molecular formula is C18H36O4Si. The Balaban J connectivity index is 2.02. The Bertz CT molecular complexity index is 356. The summed E-state index contributed by atoms with van der Waals surface area (Å²) in [6, 6.07) is 3.25. The van der Waals surface area contributed by atoms with Crippen molar-refractivity contribution < 1.29 is 19.0 Å². The van der Waals surface area contributed by atoms with Gasteiger partial charge in [0.2, 0.25) is 0 Å². The van der Waals surface area contributed by atoms with Crippen molar-refractivity contribution in [1.29, 1.82) is 0 Å². The maximum Gasteiger partial charge on any atom is 0.192 e. The Labute approximate surface area is 143 Å². The first kappa shape index (κ1) is 19.4. The summed E-state index contributed by atoms with van der Waals surface area (Å²) in [5.41, 5.74) is -0.890. The molecule has 5 heteroatoms. The van der Waals surface area contributed by atoms with Crippen LogP contribution < -0.4 is 0 Å². The molecule has 0 amide bonds. The number of aliphatic hydroxyl groups is 1. The molecule has 1 saturated heterocycles. The molecule has 1 saturated carbocycles. The summed E-state index contributed by atoms with van der Waals surface area (Å²) >= 11 is 0. The smallest absolute Gasteiger partial charge is 0.192 e. The fourth-order valence-electron chi connectivity index (χ4n) is 4.13. The zero-order chi connectivity index (χ0) is 17.1. The first-order chi connectivity index (χ1) is 10.9. The fourth-order valence-corrected chi connectivity index (χ4v) is 7.11. The van der Waals surface area contributed by atoms with Gasteiger partial charge in [0.1, 0.15) is 0 Å². The number of hydrogen-bond donors (Lipinski definition) is 1. The van der Waals surface area contributed by atoms with Crippen LogP contribution in [0.1, 0.15) is 66.7 Å². The molecule has 0 aromatic heterocycles. The Morgan fingerprint density at radius 3 is 2.17 bits per heavy atom. The Morgan fingerprint density at radius 1 is 1.13 bits per heavy atom. The summed E-state index contributed by atoms with van der Waals surface area (Å²) in [5, 5.41) is 11.0. The van der Waals surface area contributed by atoms with Crippen molar-refractivity contribution in [3.05, 3.63) is 0 Å². The molecule has 2 fully saturated rings. The van der Waals surface area contributed by atoms with Crippen molar-refractivity contribution in [2.45, 2.75) is 115 Å². The van der Waals surface area contributed by atoms with E-state index in [4.69, 9.17) is 13.9 Å². The van der Waals surface area contributed by atoms with Crippen LogP contribution in [0.25, 0.3) is 0 Å². The van der Waals surface area contributed by atoms with Crippen LogP contribution in [0.3, 0.4) is 0 Å². The summed E-state index contributed by atoms with van der Waals surface area (Å²) in [7, 11) is -1.77. The molecule has 0 bridgehead atoms. The molecule has 1 N–H and O–H groups in total. The maximum absolute atomic E-state index is 11.0. The van der Waals surface area contributed by atoms with Gasteiger partial charge in [0.05, 0.1) is 23.9 Å². The van der Waals surface area contributed by atoms with Crippen molar-refractivity contribution in [2.24, 2.45) is 0 Å². The predicted octanol–water partition coefficient (Wildman–Crippen LogP) is 4.22. The SMILES string of the molecule is CC[Si](CC)(CC)O[C@H]1[C@H](C)O[C@@H](OC2CCCC2)C[C@@]1(C)O. The number of rotatable bonds is 7. The third-order valence-corrected chi connectivity index (χ3v) is 10.6. The van der Waals surface area contributed by atoms with Gasteiger partial charge in [-0.2, -0.15) is 0 Å². The van der Waals surface area contributed by atoms with E-state index in [2.05, 4.69) is 20.8 Å². The minimum atomic E-state index is -1.77. The molecule has 1 aliphatic carbocycles. The van der Waals surface area contributed by atoms with Crippen molar-refractivity contribution in [3.63, 3.8) is 0 Å². The number of hydrogen-bond acceptors (Lipinski definition) is 4. The molecule has 4 atom stereocenters. The molecular weight excluding hydrogens is 308 g/mol. The van der Waals surface area contributed by atoms with E-state index in [9.17, 15) is 5.11 Å². The average Bonchev–Trinajstić information content (AvgIpc) is 3.00. The highest BCUT2D eigenvalue weighted by atomic mass is 28.4. The van der Waals surface area contributed by atoms with Gasteiger partial charge in [-0.25, -0.2) is 0 Å². The molecule has 0 radical (unpaired) electrons. The van der Waals surface area contributed by atoms with E-state index < -0.39 is 13.9 Å². The average molecular weight is 345 g/mol. The van der Waals surface area contributed by atoms with Crippen LogP contribution in [0, 0.1) is 0 Å². The lowest BCUT2D eigenvalue weighted by Crippen LogP contribution is -2.60. The topological polar surface area (TPSA) is 47.9 Å². The third kappa shape index (κ3) is 4.57. The highest BCUT2D eigenvalue weighted by Crippen LogP contribution is 2.37. The third-order valence-electron chi connectivity index (χ3n) is 5.94. The van der Waals surface area contributed by atoms with Crippen molar-refractivity contribution in [2.75, 3.05) is 0 Å². The van der Waals surface area contributed by atoms with E-state index in [-0.39, 0.29) is 18.5 Å². The van der Waals surface area contributed by atoms with Gasteiger partial charge in [-0.15, -0.1) is 0 Å². The Morgan fingerprint density at radius 2 is 1.70 bits per heavy atom. The maximum atomic E-state index is 11.0. The Kier molecular flexibility index (Phi) is 6.71. The lowest BCUT2D eigenvalue weighted by molar-refractivity contribution is -0.279. The van der Waals surface area contributed by atoms with Gasteiger partial charge >= 0.3 is 0 Å². The lowest BCUT2D eigenvalue weighted by atomic mass is 9.89. The van der Waals surface area contributed by atoms with Crippen molar-refractivity contribution in [3.8, 4) is 0 Å². The zero-order valence-corrected chi connectivity index (χ0v) is 16.6. The molecule has 0 aromatic rings. The first-order valence-corrected chi connectivity index (χ1v) is 12.1. The molecule has 1 heterocycles. The molecule has 0 aromatic carbocycles. The number of ether oxygens (including phenoxy) is 2. The summed E-state index contributed by atoms with van der Waals surface area (Å²) in [6.07, 6.45) is 4.83. The van der Waals surface area contributed by atoms with Gasteiger partial charge in [0.15, 0.2) is 14.6 Å². The molecule has 2 rings (SSSR count). The van der Waals surface area contributed by atoms with Gasteiger partial charge in [-0.1, -0.05) is 33.6 Å². The van der Waals surface area contributed by atoms with E-state index >= 15 is 0 Å². The van der Waals surface area contributed by atoms with Gasteiger partial charge in [0, 0.05) is 6.42 Å². The first-order valence-electron chi connectivity index (χ1n) is 9.57. The van der Waals surface area contributed by atoms with Crippen LogP contribution in [0.5, 0.6) is 0 Å². The van der Waals surface area contributed by atoms with E-state index in [1.807, 2.05) is 13.8 Å². The molecule has 0 unspecified atom stereocenters. The normalized spacial score (nSPS) is 36.5. The minimum Gasteiger partial charge on any atom is -0.408 e. The molecule has 2 aliphatic rings. The van der Waals surface area contributed by atoms with Crippen LogP contribution in [0.4, 0.5) is 0 Å². The van der Waals surface area contributed by atoms with Crippen molar-refractivity contribution >= 4 is 8.32 Å². The largest absolute Gasteiger partial charge is 0.408 e. The van der Waals surface area contributed by atoms with Gasteiger partial charge in [0.25, 0.3) is 0 Å². The van der Waals surface area contributed by atoms with E-state index in [1.165, 1.54) is 12.8 Å². The lowest BCUT2D eigenvalue weighted by Gasteiger charge is -2.48. The zero-order valence-electron chi connectivity index (χ0n) is 15.6. The standard InChI is InChI=1S/C18H36O4Si/c1-6-23(7-2,8-3)22-17-14(4)20-16(13-18(17,5)19)21-15-11-9-10-12-15/h14-17,19H,6-13H2,1-5H3/t14-,16-,17-,18+/m0/s1. The van der Waals surface area contributed by atoms with Gasteiger partial charge < -0.3 is 19.0 Å². The summed E-state index contributed by atoms with van der Waals surface area (Å²) in [4.78, 5) is 0. The highest BCUT2D eigenvalue weighted by Gasteiger charge is 2.48. The fraction of sp³-hybridized carbons (Fsp3) is 1.00. The summed E-state index contributed by atoms with van der Waals surface area (Å²) in [6.45, 7) is 10.6. The highest BCUT2D eigenvalue weighted by molar-refractivity contribution is 6.73. The summed E-state index contributed by atoms with van der Waals surface area (Å²) in [5.74, 6) is 0. The van der Waals surface area contributed by atoms with Gasteiger partial charge in [-0.3, -0.25) is 0 Å². The molecule has 136 valence electrons. The quantitative estimate of drug-likeness (QED) is 0.702. The second-order valence-electron chi connectivity index (χ2n) is 7.66. The van der Waals surface area contributed by atoms with E-state index in [0.717, 1.165) is 31.0 Å². The minimum absolute atomic E-state index is 0.137. The van der Waals surface area contributed by atoms with Gasteiger partial charge in [-0.05, 0) is 44.8 Å². The predicted molar refractivity (Wildman–Crippen MR) is 95.0 cm³/mol. The monoisotopic (exact) mass is 344 g/mol. The van der Waals surface area contributed by atoms with Crippen LogP contribution in [0.2, 0.25) is 18.1 Å². The second-order valence-corrected chi connectivity index (χ2v) is 12.4.